The second-order valence-corrected chi connectivity index (χ2v) is 5.07. The van der Waals surface area contributed by atoms with Gasteiger partial charge < -0.3 is 4.74 Å². The fourth-order valence-corrected chi connectivity index (χ4v) is 2.22. The Morgan fingerprint density at radius 1 is 1.50 bits per heavy atom. The summed E-state index contributed by atoms with van der Waals surface area (Å²) in [6.45, 7) is 8.51. The van der Waals surface area contributed by atoms with E-state index in [-0.39, 0.29) is 6.10 Å². The molecule has 0 aromatic carbocycles. The van der Waals surface area contributed by atoms with Gasteiger partial charge in [0, 0.05) is 0 Å². The third-order valence-electron chi connectivity index (χ3n) is 3.32. The van der Waals surface area contributed by atoms with E-state index in [1.165, 1.54) is 5.57 Å². The van der Waals surface area contributed by atoms with Gasteiger partial charge in [-0.1, -0.05) is 18.6 Å². The molecule has 0 saturated carbocycles. The van der Waals surface area contributed by atoms with E-state index in [2.05, 4.69) is 39.7 Å². The van der Waals surface area contributed by atoms with Gasteiger partial charge in [-0.05, 0) is 51.3 Å². The Labute approximate surface area is 99.9 Å². The predicted molar refractivity (Wildman–Crippen MR) is 67.3 cm³/mol. The van der Waals surface area contributed by atoms with Crippen LogP contribution in [0.2, 0.25) is 5.82 Å². The lowest BCUT2D eigenvalue weighted by Crippen LogP contribution is -2.37. The standard InChI is InChI=1S/C13H21BNO/c1-9(2)5-6-13-10(3)7-12(14-8-15)11(4)16-13/h5,10-13H,6-7H2,1-4H3/t10-,11+,12+,13-/m0/s1. The van der Waals surface area contributed by atoms with Crippen LogP contribution >= 0.6 is 0 Å². The molecule has 1 heterocycles. The smallest absolute Gasteiger partial charge is 0.260 e. The van der Waals surface area contributed by atoms with Crippen LogP contribution in [-0.4, -0.2) is 19.5 Å². The van der Waals surface area contributed by atoms with Crippen LogP contribution in [0, 0.1) is 17.1 Å². The highest BCUT2D eigenvalue weighted by Crippen LogP contribution is 2.34. The minimum atomic E-state index is 0.173. The molecule has 0 bridgehead atoms. The molecule has 0 amide bonds. The number of hydrogen-bond donors (Lipinski definition) is 0. The summed E-state index contributed by atoms with van der Waals surface area (Å²) in [6.07, 6.45) is 4.78. The lowest BCUT2D eigenvalue weighted by Gasteiger charge is -2.38. The molecule has 4 atom stereocenters. The Bertz CT molecular complexity index is 291. The van der Waals surface area contributed by atoms with Gasteiger partial charge in [0.05, 0.1) is 12.2 Å². The zero-order valence-corrected chi connectivity index (χ0v) is 10.7. The van der Waals surface area contributed by atoms with Crippen LogP contribution in [0.1, 0.15) is 40.5 Å². The maximum atomic E-state index is 8.69. The second kappa shape index (κ2) is 6.10. The Morgan fingerprint density at radius 2 is 2.19 bits per heavy atom. The van der Waals surface area contributed by atoms with E-state index < -0.39 is 0 Å². The summed E-state index contributed by atoms with van der Waals surface area (Å²) >= 11 is 0. The molecule has 0 aliphatic carbocycles. The van der Waals surface area contributed by atoms with E-state index in [1.807, 2.05) is 0 Å². The zero-order valence-electron chi connectivity index (χ0n) is 10.7. The topological polar surface area (TPSA) is 33.0 Å². The van der Waals surface area contributed by atoms with Gasteiger partial charge >= 0.3 is 0 Å². The zero-order chi connectivity index (χ0) is 12.1. The average molecular weight is 218 g/mol. The van der Waals surface area contributed by atoms with E-state index in [4.69, 9.17) is 10.00 Å². The van der Waals surface area contributed by atoms with Crippen molar-refractivity contribution in [2.75, 3.05) is 0 Å². The molecule has 1 aliphatic heterocycles. The van der Waals surface area contributed by atoms with Crippen LogP contribution in [-0.2, 0) is 4.74 Å². The number of hydrogen-bond acceptors (Lipinski definition) is 2. The lowest BCUT2D eigenvalue weighted by molar-refractivity contribution is -0.0672. The predicted octanol–water partition coefficient (Wildman–Crippen LogP) is 3.13. The first kappa shape index (κ1) is 13.3. The van der Waals surface area contributed by atoms with Crippen molar-refractivity contribution in [1.29, 1.82) is 5.26 Å². The molecule has 0 aromatic rings. The van der Waals surface area contributed by atoms with Crippen molar-refractivity contribution in [3.05, 3.63) is 11.6 Å². The number of rotatable bonds is 3. The van der Waals surface area contributed by atoms with Crippen molar-refractivity contribution in [3.8, 4) is 5.97 Å². The molecule has 1 rings (SSSR count). The second-order valence-electron chi connectivity index (χ2n) is 5.07. The number of nitrogens with zero attached hydrogens (tertiary/aromatic N) is 1. The van der Waals surface area contributed by atoms with Gasteiger partial charge in [0.25, 0.3) is 7.28 Å². The average Bonchev–Trinajstić information content (AvgIpc) is 2.21. The SMILES string of the molecule is CC(C)=CC[C@@H]1O[C@H](C)[C@H]([B]C#N)C[C@@H]1C. The first-order valence-electron chi connectivity index (χ1n) is 6.06. The van der Waals surface area contributed by atoms with Gasteiger partial charge in [0.1, 0.15) is 0 Å². The monoisotopic (exact) mass is 218 g/mol. The summed E-state index contributed by atoms with van der Waals surface area (Å²) in [7, 11) is 1.72. The van der Waals surface area contributed by atoms with Crippen molar-refractivity contribution in [1.82, 2.24) is 0 Å². The van der Waals surface area contributed by atoms with Crippen LogP contribution in [0.25, 0.3) is 0 Å². The maximum Gasteiger partial charge on any atom is 0.260 e. The lowest BCUT2D eigenvalue weighted by atomic mass is 9.59. The Kier molecular flexibility index (Phi) is 5.08. The molecule has 16 heavy (non-hydrogen) atoms. The van der Waals surface area contributed by atoms with Crippen molar-refractivity contribution in [3.63, 3.8) is 0 Å². The highest BCUT2D eigenvalue weighted by atomic mass is 16.5. The first-order chi connectivity index (χ1) is 7.54. The normalized spacial score (nSPS) is 33.9. The van der Waals surface area contributed by atoms with E-state index >= 15 is 0 Å². The summed E-state index contributed by atoms with van der Waals surface area (Å²) in [5.74, 6) is 2.96. The molecule has 0 spiro atoms. The molecule has 87 valence electrons. The molecule has 0 aromatic heterocycles. The van der Waals surface area contributed by atoms with Crippen molar-refractivity contribution in [2.45, 2.75) is 58.6 Å². The number of nitriles is 1. The van der Waals surface area contributed by atoms with E-state index in [0.29, 0.717) is 17.8 Å². The first-order valence-corrected chi connectivity index (χ1v) is 6.06. The summed E-state index contributed by atoms with van der Waals surface area (Å²) in [4.78, 5) is 0. The summed E-state index contributed by atoms with van der Waals surface area (Å²) in [5, 5.41) is 8.69. The molecule has 0 N–H and O–H groups in total. The van der Waals surface area contributed by atoms with Crippen LogP contribution in [0.5, 0.6) is 0 Å². The maximum absolute atomic E-state index is 8.69. The largest absolute Gasteiger partial charge is 0.375 e. The van der Waals surface area contributed by atoms with Gasteiger partial charge in [-0.15, -0.1) is 0 Å². The van der Waals surface area contributed by atoms with Crippen molar-refractivity contribution in [2.24, 2.45) is 5.92 Å². The Hall–Kier alpha value is -0.745. The summed E-state index contributed by atoms with van der Waals surface area (Å²) in [5.41, 5.74) is 1.34. The van der Waals surface area contributed by atoms with Crippen LogP contribution < -0.4 is 0 Å². The molecule has 3 heteroatoms. The van der Waals surface area contributed by atoms with Gasteiger partial charge in [-0.25, -0.2) is 5.26 Å². The summed E-state index contributed by atoms with van der Waals surface area (Å²) in [6, 6.07) is 0. The van der Waals surface area contributed by atoms with Crippen LogP contribution in [0.3, 0.4) is 0 Å². The fourth-order valence-electron chi connectivity index (χ4n) is 2.22. The highest BCUT2D eigenvalue weighted by Gasteiger charge is 2.33. The minimum Gasteiger partial charge on any atom is -0.375 e. The Morgan fingerprint density at radius 3 is 2.75 bits per heavy atom. The minimum absolute atomic E-state index is 0.173. The molecule has 1 fully saturated rings. The van der Waals surface area contributed by atoms with Crippen molar-refractivity contribution >= 4 is 7.28 Å². The third-order valence-corrected chi connectivity index (χ3v) is 3.32. The highest BCUT2D eigenvalue weighted by molar-refractivity contribution is 6.47. The van der Waals surface area contributed by atoms with E-state index in [1.54, 1.807) is 7.28 Å². The molecular formula is C13H21BNO. The Balaban J connectivity index is 2.53. The van der Waals surface area contributed by atoms with Gasteiger partial charge in [-0.3, -0.25) is 0 Å². The molecule has 2 nitrogen and oxygen atoms in total. The summed E-state index contributed by atoms with van der Waals surface area (Å²) < 4.78 is 5.99. The molecule has 1 radical (unpaired) electrons. The van der Waals surface area contributed by atoms with E-state index in [0.717, 1.165) is 12.8 Å². The van der Waals surface area contributed by atoms with Gasteiger partial charge in [-0.2, -0.15) is 0 Å². The quantitative estimate of drug-likeness (QED) is 0.538. The van der Waals surface area contributed by atoms with Crippen LogP contribution in [0.4, 0.5) is 0 Å². The number of ether oxygens (including phenoxy) is 1. The molecule has 0 unspecified atom stereocenters. The van der Waals surface area contributed by atoms with Crippen LogP contribution in [0.15, 0.2) is 11.6 Å². The fraction of sp³-hybridized carbons (Fsp3) is 0.769. The van der Waals surface area contributed by atoms with E-state index in [9.17, 15) is 0 Å². The third kappa shape index (κ3) is 3.68. The van der Waals surface area contributed by atoms with Gasteiger partial charge in [0.15, 0.2) is 0 Å². The van der Waals surface area contributed by atoms with Crippen molar-refractivity contribution < 1.29 is 4.74 Å². The number of allylic oxidation sites excluding steroid dienone is 1. The molecule has 1 saturated heterocycles. The van der Waals surface area contributed by atoms with Gasteiger partial charge in [0.2, 0.25) is 0 Å². The molecular weight excluding hydrogens is 197 g/mol. The molecule has 1 aliphatic rings.